The normalized spacial score (nSPS) is 16.0. The number of nitrogens with zero attached hydrogens (tertiary/aromatic N) is 2. The van der Waals surface area contributed by atoms with Crippen molar-refractivity contribution >= 4 is 17.3 Å². The lowest BCUT2D eigenvalue weighted by atomic mass is 9.74. The molecule has 1 atom stereocenters. The second-order valence-electron chi connectivity index (χ2n) is 6.73. The third-order valence-corrected chi connectivity index (χ3v) is 5.40. The van der Waals surface area contributed by atoms with E-state index in [4.69, 9.17) is 22.1 Å². The van der Waals surface area contributed by atoms with Gasteiger partial charge < -0.3 is 10.4 Å². The van der Waals surface area contributed by atoms with Gasteiger partial charge >= 0.3 is 0 Å². The van der Waals surface area contributed by atoms with E-state index in [1.165, 1.54) is 6.20 Å². The summed E-state index contributed by atoms with van der Waals surface area (Å²) < 4.78 is 0. The van der Waals surface area contributed by atoms with Gasteiger partial charge in [-0.2, -0.15) is 10.5 Å². The number of halogens is 1. The first-order chi connectivity index (χ1) is 13.1. The largest absolute Gasteiger partial charge is 0.380 e. The molecule has 2 aromatic rings. The molecular weight excluding hydrogens is 358 g/mol. The number of hydrogen-bond donors (Lipinski definition) is 2. The van der Waals surface area contributed by atoms with E-state index in [1.807, 2.05) is 42.5 Å². The van der Waals surface area contributed by atoms with Crippen LogP contribution in [0.1, 0.15) is 36.8 Å². The van der Waals surface area contributed by atoms with Gasteiger partial charge in [0, 0.05) is 22.5 Å². The Hall–Kier alpha value is -2.79. The summed E-state index contributed by atoms with van der Waals surface area (Å²) in [4.78, 5) is 0. The zero-order valence-corrected chi connectivity index (χ0v) is 15.6. The second-order valence-corrected chi connectivity index (χ2v) is 7.17. The summed E-state index contributed by atoms with van der Waals surface area (Å²) in [6.45, 7) is 0. The van der Waals surface area contributed by atoms with Crippen molar-refractivity contribution in [2.24, 2.45) is 5.92 Å². The Bertz CT molecular complexity index is 905. The first-order valence-electron chi connectivity index (χ1n) is 8.94. The van der Waals surface area contributed by atoms with Crippen LogP contribution in [0.15, 0.2) is 60.3 Å². The Balaban J connectivity index is 2.15. The Morgan fingerprint density at radius 1 is 1.11 bits per heavy atom. The Kier molecular flexibility index (Phi) is 5.81. The lowest BCUT2D eigenvalue weighted by Crippen LogP contribution is -2.35. The standard InChI is InChI=1S/C22H20ClN3O/c23-19-10-11-21(26-15-16(13-24)14-25)20(12-19)22(27,18-8-4-5-9-18)17-6-2-1-3-7-17/h1-3,6-7,10-12,15,18,26-27H,4-5,8-9H2. The van der Waals surface area contributed by atoms with Crippen LogP contribution in [0.4, 0.5) is 5.69 Å². The molecule has 4 nitrogen and oxygen atoms in total. The quantitative estimate of drug-likeness (QED) is 0.709. The van der Waals surface area contributed by atoms with Crippen molar-refractivity contribution in [3.8, 4) is 12.1 Å². The van der Waals surface area contributed by atoms with Gasteiger partial charge in [-0.25, -0.2) is 0 Å². The van der Waals surface area contributed by atoms with Crippen molar-refractivity contribution in [3.05, 3.63) is 76.5 Å². The Labute approximate surface area is 164 Å². The topological polar surface area (TPSA) is 79.8 Å². The SMILES string of the molecule is N#CC(C#N)=CNc1ccc(Cl)cc1C(O)(c1ccccc1)C1CCCC1. The Morgan fingerprint density at radius 2 is 1.78 bits per heavy atom. The van der Waals surface area contributed by atoms with Gasteiger partial charge in [0.2, 0.25) is 0 Å². The van der Waals surface area contributed by atoms with Gasteiger partial charge in [-0.05, 0) is 42.5 Å². The van der Waals surface area contributed by atoms with Gasteiger partial charge in [0.05, 0.1) is 0 Å². The van der Waals surface area contributed by atoms with Gasteiger partial charge in [-0.1, -0.05) is 54.8 Å². The number of allylic oxidation sites excluding steroid dienone is 1. The van der Waals surface area contributed by atoms with Crippen molar-refractivity contribution in [3.63, 3.8) is 0 Å². The number of rotatable bonds is 5. The van der Waals surface area contributed by atoms with Gasteiger partial charge in [0.1, 0.15) is 23.3 Å². The number of anilines is 1. The smallest absolute Gasteiger partial charge is 0.145 e. The minimum absolute atomic E-state index is 0.0417. The molecule has 2 N–H and O–H groups in total. The number of hydrogen-bond acceptors (Lipinski definition) is 4. The van der Waals surface area contributed by atoms with Gasteiger partial charge in [-0.3, -0.25) is 0 Å². The maximum atomic E-state index is 12.0. The summed E-state index contributed by atoms with van der Waals surface area (Å²) in [6, 6.07) is 18.5. The van der Waals surface area contributed by atoms with Crippen LogP contribution in [0.25, 0.3) is 0 Å². The summed E-state index contributed by atoms with van der Waals surface area (Å²) in [6.07, 6.45) is 5.36. The molecule has 136 valence electrons. The van der Waals surface area contributed by atoms with E-state index < -0.39 is 5.60 Å². The van der Waals surface area contributed by atoms with Crippen LogP contribution in [-0.4, -0.2) is 5.11 Å². The molecule has 0 spiro atoms. The van der Waals surface area contributed by atoms with E-state index >= 15 is 0 Å². The fraction of sp³-hybridized carbons (Fsp3) is 0.273. The first-order valence-corrected chi connectivity index (χ1v) is 9.32. The monoisotopic (exact) mass is 377 g/mol. The van der Waals surface area contributed by atoms with E-state index in [0.29, 0.717) is 16.3 Å². The Morgan fingerprint density at radius 3 is 2.41 bits per heavy atom. The van der Waals surface area contributed by atoms with Gasteiger partial charge in [0.25, 0.3) is 0 Å². The number of nitriles is 2. The van der Waals surface area contributed by atoms with Crippen LogP contribution in [0, 0.1) is 28.6 Å². The van der Waals surface area contributed by atoms with Crippen molar-refractivity contribution in [2.75, 3.05) is 5.32 Å². The molecule has 2 aromatic carbocycles. The third-order valence-electron chi connectivity index (χ3n) is 5.17. The molecular formula is C22H20ClN3O. The molecule has 1 aliphatic rings. The van der Waals surface area contributed by atoms with Crippen molar-refractivity contribution in [1.29, 1.82) is 10.5 Å². The lowest BCUT2D eigenvalue weighted by molar-refractivity contribution is 0.0195. The summed E-state index contributed by atoms with van der Waals surface area (Å²) in [5.41, 5.74) is 0.838. The molecule has 3 rings (SSSR count). The van der Waals surface area contributed by atoms with Crippen molar-refractivity contribution in [2.45, 2.75) is 31.3 Å². The second kappa shape index (κ2) is 8.27. The van der Waals surface area contributed by atoms with E-state index in [1.54, 1.807) is 18.2 Å². The molecule has 0 heterocycles. The fourth-order valence-electron chi connectivity index (χ4n) is 3.84. The van der Waals surface area contributed by atoms with Crippen LogP contribution >= 0.6 is 11.6 Å². The number of benzene rings is 2. The number of aliphatic hydroxyl groups is 1. The number of nitrogens with one attached hydrogen (secondary N) is 1. The summed E-state index contributed by atoms with van der Waals surface area (Å²) in [7, 11) is 0. The van der Waals surface area contributed by atoms with Crippen LogP contribution < -0.4 is 5.32 Å². The van der Waals surface area contributed by atoms with Crippen molar-refractivity contribution in [1.82, 2.24) is 0 Å². The zero-order chi connectivity index (χ0) is 19.3. The van der Waals surface area contributed by atoms with E-state index in [-0.39, 0.29) is 11.5 Å². The average molecular weight is 378 g/mol. The molecule has 1 aliphatic carbocycles. The summed E-state index contributed by atoms with van der Waals surface area (Å²) >= 11 is 6.28. The molecule has 0 amide bonds. The molecule has 0 bridgehead atoms. The van der Waals surface area contributed by atoms with Crippen LogP contribution in [-0.2, 0) is 5.60 Å². The summed E-state index contributed by atoms with van der Waals surface area (Å²) in [5, 5.41) is 33.5. The lowest BCUT2D eigenvalue weighted by Gasteiger charge is -2.36. The first kappa shape index (κ1) is 19.0. The minimum Gasteiger partial charge on any atom is -0.380 e. The van der Waals surface area contributed by atoms with E-state index in [9.17, 15) is 5.11 Å². The highest BCUT2D eigenvalue weighted by molar-refractivity contribution is 6.30. The predicted octanol–water partition coefficient (Wildman–Crippen LogP) is 5.11. The molecule has 1 unspecified atom stereocenters. The molecule has 1 saturated carbocycles. The molecule has 1 fully saturated rings. The highest BCUT2D eigenvalue weighted by Gasteiger charge is 2.42. The van der Waals surface area contributed by atoms with Crippen molar-refractivity contribution < 1.29 is 5.11 Å². The molecule has 0 aromatic heterocycles. The fourth-order valence-corrected chi connectivity index (χ4v) is 4.02. The highest BCUT2D eigenvalue weighted by atomic mass is 35.5. The maximum Gasteiger partial charge on any atom is 0.145 e. The molecule has 5 heteroatoms. The maximum absolute atomic E-state index is 12.0. The molecule has 0 aliphatic heterocycles. The summed E-state index contributed by atoms with van der Waals surface area (Å²) in [5.74, 6) is 0.0642. The molecule has 0 saturated heterocycles. The predicted molar refractivity (Wildman–Crippen MR) is 106 cm³/mol. The average Bonchev–Trinajstić information content (AvgIpc) is 3.25. The van der Waals surface area contributed by atoms with Crippen LogP contribution in [0.5, 0.6) is 0 Å². The van der Waals surface area contributed by atoms with Crippen LogP contribution in [0.2, 0.25) is 5.02 Å². The van der Waals surface area contributed by atoms with Gasteiger partial charge in [-0.15, -0.1) is 0 Å². The van der Waals surface area contributed by atoms with Crippen LogP contribution in [0.3, 0.4) is 0 Å². The minimum atomic E-state index is -1.21. The van der Waals surface area contributed by atoms with E-state index in [0.717, 1.165) is 31.2 Å². The molecule has 27 heavy (non-hydrogen) atoms. The molecule has 0 radical (unpaired) electrons. The van der Waals surface area contributed by atoms with Gasteiger partial charge in [0.15, 0.2) is 0 Å². The van der Waals surface area contributed by atoms with E-state index in [2.05, 4.69) is 5.32 Å². The zero-order valence-electron chi connectivity index (χ0n) is 14.8. The third kappa shape index (κ3) is 3.83. The highest BCUT2D eigenvalue weighted by Crippen LogP contribution is 2.47.